The summed E-state index contributed by atoms with van der Waals surface area (Å²) in [6.07, 6.45) is 4.19. The van der Waals surface area contributed by atoms with Crippen molar-refractivity contribution in [2.24, 2.45) is 0 Å². The van der Waals surface area contributed by atoms with E-state index in [0.29, 0.717) is 0 Å². The molecule has 0 fully saturated rings. The van der Waals surface area contributed by atoms with Crippen LogP contribution in [-0.4, -0.2) is 0 Å². The highest BCUT2D eigenvalue weighted by atomic mass is 14.1. The van der Waals surface area contributed by atoms with E-state index < -0.39 is 0 Å². The Hall–Kier alpha value is -1.22. The highest BCUT2D eigenvalue weighted by Crippen LogP contribution is 2.16. The zero-order valence-corrected chi connectivity index (χ0v) is 11.0. The van der Waals surface area contributed by atoms with Gasteiger partial charge >= 0.3 is 0 Å². The molecule has 86 valence electrons. The number of unbranched alkanes of at least 4 members (excludes halogenated alkanes) is 1. The van der Waals surface area contributed by atoms with Crippen molar-refractivity contribution in [3.8, 4) is 11.8 Å². The summed E-state index contributed by atoms with van der Waals surface area (Å²) in [5.74, 6) is 6.48. The van der Waals surface area contributed by atoms with Gasteiger partial charge in [0.25, 0.3) is 0 Å². The molecule has 0 spiro atoms. The van der Waals surface area contributed by atoms with Crippen LogP contribution in [0, 0.1) is 25.7 Å². The Labute approximate surface area is 100 Å². The van der Waals surface area contributed by atoms with Gasteiger partial charge in [-0.2, -0.15) is 0 Å². The van der Waals surface area contributed by atoms with Gasteiger partial charge in [-0.3, -0.25) is 0 Å². The minimum absolute atomic E-state index is 0.902. The first kappa shape index (κ1) is 12.8. The molecule has 0 aliphatic carbocycles. The molecule has 1 rings (SSSR count). The molecule has 0 atom stereocenters. The van der Waals surface area contributed by atoms with Crippen molar-refractivity contribution in [3.05, 3.63) is 34.4 Å². The fraction of sp³-hybridized carbons (Fsp3) is 0.500. The van der Waals surface area contributed by atoms with E-state index in [4.69, 9.17) is 0 Å². The molecular weight excluding hydrogens is 192 g/mol. The quantitative estimate of drug-likeness (QED) is 0.661. The second-order valence-corrected chi connectivity index (χ2v) is 4.34. The Bertz CT molecular complexity index is 402. The van der Waals surface area contributed by atoms with Gasteiger partial charge in [-0.15, -0.1) is 5.92 Å². The highest BCUT2D eigenvalue weighted by molar-refractivity contribution is 5.39. The van der Waals surface area contributed by atoms with Crippen molar-refractivity contribution in [2.75, 3.05) is 0 Å². The summed E-state index contributed by atoms with van der Waals surface area (Å²) in [6, 6.07) is 4.61. The molecule has 1 aromatic rings. The van der Waals surface area contributed by atoms with Crippen molar-refractivity contribution < 1.29 is 0 Å². The fourth-order valence-electron chi connectivity index (χ4n) is 1.89. The summed E-state index contributed by atoms with van der Waals surface area (Å²) in [5.41, 5.74) is 5.63. The molecule has 0 N–H and O–H groups in total. The molecule has 0 aromatic heterocycles. The van der Waals surface area contributed by atoms with Crippen LogP contribution in [0.15, 0.2) is 12.1 Å². The lowest BCUT2D eigenvalue weighted by Gasteiger charge is -2.08. The minimum Gasteiger partial charge on any atom is -0.103 e. The van der Waals surface area contributed by atoms with Gasteiger partial charge in [0, 0.05) is 12.8 Å². The summed E-state index contributed by atoms with van der Waals surface area (Å²) < 4.78 is 0. The lowest BCUT2D eigenvalue weighted by atomic mass is 9.97. The van der Waals surface area contributed by atoms with Crippen LogP contribution >= 0.6 is 0 Å². The fourth-order valence-corrected chi connectivity index (χ4v) is 1.89. The van der Waals surface area contributed by atoms with Crippen molar-refractivity contribution in [2.45, 2.75) is 53.4 Å². The molecule has 0 heterocycles. The van der Waals surface area contributed by atoms with Crippen LogP contribution in [0.2, 0.25) is 0 Å². The third kappa shape index (κ3) is 3.42. The third-order valence-corrected chi connectivity index (χ3v) is 2.95. The third-order valence-electron chi connectivity index (χ3n) is 2.95. The van der Waals surface area contributed by atoms with E-state index in [1.54, 1.807) is 0 Å². The van der Waals surface area contributed by atoms with Crippen molar-refractivity contribution in [3.63, 3.8) is 0 Å². The molecular formula is C16H22. The van der Waals surface area contributed by atoms with E-state index >= 15 is 0 Å². The molecule has 16 heavy (non-hydrogen) atoms. The lowest BCUT2D eigenvalue weighted by molar-refractivity contribution is 0.981. The Kier molecular flexibility index (Phi) is 5.12. The average molecular weight is 214 g/mol. The van der Waals surface area contributed by atoms with Crippen LogP contribution in [0.5, 0.6) is 0 Å². The first-order valence-corrected chi connectivity index (χ1v) is 6.23. The van der Waals surface area contributed by atoms with Crippen LogP contribution in [-0.2, 0) is 12.8 Å². The van der Waals surface area contributed by atoms with Crippen LogP contribution < -0.4 is 0 Å². The zero-order valence-electron chi connectivity index (χ0n) is 11.0. The highest BCUT2D eigenvalue weighted by Gasteiger charge is 2.01. The molecule has 0 bridgehead atoms. The van der Waals surface area contributed by atoms with Gasteiger partial charge in [0.15, 0.2) is 0 Å². The van der Waals surface area contributed by atoms with Gasteiger partial charge in [0.2, 0.25) is 0 Å². The topological polar surface area (TPSA) is 0 Å². The van der Waals surface area contributed by atoms with Gasteiger partial charge in [-0.25, -0.2) is 0 Å². The maximum atomic E-state index is 3.26. The van der Waals surface area contributed by atoms with Crippen LogP contribution in [0.4, 0.5) is 0 Å². The number of hydrogen-bond acceptors (Lipinski definition) is 0. The van der Waals surface area contributed by atoms with Crippen LogP contribution in [0.3, 0.4) is 0 Å². The van der Waals surface area contributed by atoms with E-state index in [-0.39, 0.29) is 0 Å². The molecule has 0 unspecified atom stereocenters. The Morgan fingerprint density at radius 1 is 0.938 bits per heavy atom. The molecule has 0 saturated carbocycles. The second-order valence-electron chi connectivity index (χ2n) is 4.34. The molecule has 0 aliphatic rings. The van der Waals surface area contributed by atoms with E-state index in [9.17, 15) is 0 Å². The van der Waals surface area contributed by atoms with E-state index in [1.807, 2.05) is 0 Å². The van der Waals surface area contributed by atoms with Gasteiger partial charge in [0.1, 0.15) is 0 Å². The largest absolute Gasteiger partial charge is 0.103 e. The zero-order chi connectivity index (χ0) is 12.0. The number of aryl methyl sites for hydroxylation is 3. The number of rotatable bonds is 3. The SMILES string of the molecule is CCCC#CCc1cc(CC)c(C)cc1C. The van der Waals surface area contributed by atoms with E-state index in [2.05, 4.69) is 51.7 Å². The van der Waals surface area contributed by atoms with Gasteiger partial charge in [-0.1, -0.05) is 31.9 Å². The van der Waals surface area contributed by atoms with Crippen molar-refractivity contribution in [1.82, 2.24) is 0 Å². The average Bonchev–Trinajstić information content (AvgIpc) is 2.27. The second kappa shape index (κ2) is 6.38. The normalized spacial score (nSPS) is 9.75. The monoisotopic (exact) mass is 214 g/mol. The first-order chi connectivity index (χ1) is 7.69. The van der Waals surface area contributed by atoms with Crippen molar-refractivity contribution >= 4 is 0 Å². The molecule has 0 heteroatoms. The van der Waals surface area contributed by atoms with Crippen LogP contribution in [0.25, 0.3) is 0 Å². The Balaban J connectivity index is 2.84. The summed E-state index contributed by atoms with van der Waals surface area (Å²) in [4.78, 5) is 0. The summed E-state index contributed by atoms with van der Waals surface area (Å²) in [7, 11) is 0. The smallest absolute Gasteiger partial charge is 0.0343 e. The minimum atomic E-state index is 0.902. The Morgan fingerprint density at radius 3 is 2.25 bits per heavy atom. The molecule has 0 saturated heterocycles. The standard InChI is InChI=1S/C16H22/c1-5-7-8-9-10-16-12-15(6-2)13(3)11-14(16)4/h11-12H,5-7,10H2,1-4H3. The maximum absolute atomic E-state index is 3.26. The Morgan fingerprint density at radius 2 is 1.62 bits per heavy atom. The molecule has 0 nitrogen and oxygen atoms in total. The van der Waals surface area contributed by atoms with Gasteiger partial charge in [-0.05, 0) is 48.9 Å². The molecule has 0 amide bonds. The van der Waals surface area contributed by atoms with Crippen LogP contribution in [0.1, 0.15) is 48.9 Å². The lowest BCUT2D eigenvalue weighted by Crippen LogP contribution is -1.94. The first-order valence-electron chi connectivity index (χ1n) is 6.23. The number of hydrogen-bond donors (Lipinski definition) is 0. The molecule has 0 aliphatic heterocycles. The predicted molar refractivity (Wildman–Crippen MR) is 71.7 cm³/mol. The van der Waals surface area contributed by atoms with Gasteiger partial charge < -0.3 is 0 Å². The van der Waals surface area contributed by atoms with Crippen molar-refractivity contribution in [1.29, 1.82) is 0 Å². The molecule has 0 radical (unpaired) electrons. The predicted octanol–water partition coefficient (Wildman–Crippen LogP) is 4.21. The van der Waals surface area contributed by atoms with E-state index in [0.717, 1.165) is 25.7 Å². The number of benzene rings is 1. The maximum Gasteiger partial charge on any atom is 0.0343 e. The summed E-state index contributed by atoms with van der Waals surface area (Å²) in [5, 5.41) is 0. The van der Waals surface area contributed by atoms with E-state index in [1.165, 1.54) is 22.3 Å². The molecule has 1 aromatic carbocycles. The van der Waals surface area contributed by atoms with Gasteiger partial charge in [0.05, 0.1) is 0 Å². The summed E-state index contributed by atoms with van der Waals surface area (Å²) in [6.45, 7) is 8.76. The summed E-state index contributed by atoms with van der Waals surface area (Å²) >= 11 is 0.